The molecule has 1 amide bonds. The summed E-state index contributed by atoms with van der Waals surface area (Å²) in [6.07, 6.45) is 11.6. The molecule has 2 aliphatic rings. The zero-order valence-corrected chi connectivity index (χ0v) is 16.6. The van der Waals surface area contributed by atoms with E-state index in [1.807, 2.05) is 37.3 Å². The molecule has 144 valence electrons. The molecule has 6 heteroatoms. The first-order valence-corrected chi connectivity index (χ1v) is 10.0. The predicted molar refractivity (Wildman–Crippen MR) is 113 cm³/mol. The van der Waals surface area contributed by atoms with Gasteiger partial charge in [0, 0.05) is 35.0 Å². The van der Waals surface area contributed by atoms with Gasteiger partial charge in [-0.1, -0.05) is 12.2 Å². The smallest absolute Gasteiger partial charge is 0.257 e. The molecule has 0 aliphatic heterocycles. The van der Waals surface area contributed by atoms with Crippen LogP contribution in [0.5, 0.6) is 0 Å². The normalized spacial score (nSPS) is 17.6. The van der Waals surface area contributed by atoms with Gasteiger partial charge in [0.2, 0.25) is 0 Å². The zero-order valence-electron chi connectivity index (χ0n) is 15.8. The van der Waals surface area contributed by atoms with Gasteiger partial charge in [-0.05, 0) is 69.0 Å². The molecule has 5 nitrogen and oxygen atoms in total. The molecule has 1 N–H and O–H groups in total. The second-order valence-electron chi connectivity index (χ2n) is 7.33. The number of hydrogen-bond donors (Lipinski definition) is 1. The monoisotopic (exact) mass is 394 g/mol. The average Bonchev–Trinajstić information content (AvgIpc) is 3.64. The fourth-order valence-electron chi connectivity index (χ4n) is 3.19. The largest absolute Gasteiger partial charge is 0.322 e. The maximum Gasteiger partial charge on any atom is 0.257 e. The first-order valence-electron chi connectivity index (χ1n) is 9.68. The van der Waals surface area contributed by atoms with Crippen molar-refractivity contribution in [3.05, 3.63) is 65.5 Å². The summed E-state index contributed by atoms with van der Waals surface area (Å²) in [5.41, 5.74) is 4.66. The van der Waals surface area contributed by atoms with Gasteiger partial charge in [0.05, 0.1) is 23.2 Å². The third-order valence-electron chi connectivity index (χ3n) is 5.04. The molecule has 2 fully saturated rings. The topological polar surface area (TPSA) is 59.3 Å². The minimum Gasteiger partial charge on any atom is -0.322 e. The van der Waals surface area contributed by atoms with Crippen LogP contribution in [0.2, 0.25) is 0 Å². The molecule has 2 saturated carbocycles. The van der Waals surface area contributed by atoms with E-state index in [-0.39, 0.29) is 5.91 Å². The summed E-state index contributed by atoms with van der Waals surface area (Å²) in [6, 6.07) is 10.1. The number of amides is 1. The Morgan fingerprint density at radius 2 is 1.93 bits per heavy atom. The Bertz CT molecular complexity index is 947. The Hall–Kier alpha value is -2.66. The fourth-order valence-corrected chi connectivity index (χ4v) is 3.29. The summed E-state index contributed by atoms with van der Waals surface area (Å²) in [5, 5.41) is 7.74. The SMILES string of the molecule is C/C=C\C=C(/C=NCl)C(=O)Nc1ccc(-n2nc(C3CC3)cc2C2CC2)cc1. The Morgan fingerprint density at radius 1 is 1.21 bits per heavy atom. The van der Waals surface area contributed by atoms with Gasteiger partial charge in [-0.25, -0.2) is 4.68 Å². The van der Waals surface area contributed by atoms with Crippen molar-refractivity contribution in [3.8, 4) is 5.69 Å². The maximum absolute atomic E-state index is 12.4. The van der Waals surface area contributed by atoms with Crippen molar-refractivity contribution in [2.45, 2.75) is 44.4 Å². The lowest BCUT2D eigenvalue weighted by atomic mass is 10.2. The van der Waals surface area contributed by atoms with E-state index >= 15 is 0 Å². The van der Waals surface area contributed by atoms with Crippen LogP contribution in [0.25, 0.3) is 5.69 Å². The number of rotatable bonds is 7. The third-order valence-corrected chi connectivity index (χ3v) is 5.13. The predicted octanol–water partition coefficient (Wildman–Crippen LogP) is 5.29. The van der Waals surface area contributed by atoms with Gasteiger partial charge in [-0.2, -0.15) is 9.61 Å². The van der Waals surface area contributed by atoms with Gasteiger partial charge in [-0.3, -0.25) is 4.79 Å². The van der Waals surface area contributed by atoms with Gasteiger partial charge in [0.25, 0.3) is 5.91 Å². The summed E-state index contributed by atoms with van der Waals surface area (Å²) in [6.45, 7) is 1.88. The van der Waals surface area contributed by atoms with Crippen LogP contribution in [-0.2, 0) is 4.79 Å². The number of nitrogens with zero attached hydrogens (tertiary/aromatic N) is 3. The van der Waals surface area contributed by atoms with Crippen molar-refractivity contribution < 1.29 is 4.79 Å². The number of benzene rings is 1. The van der Waals surface area contributed by atoms with Crippen molar-refractivity contribution in [2.24, 2.45) is 4.51 Å². The van der Waals surface area contributed by atoms with Crippen molar-refractivity contribution in [1.29, 1.82) is 0 Å². The number of aromatic nitrogens is 2. The van der Waals surface area contributed by atoms with Gasteiger partial charge in [0.1, 0.15) is 0 Å². The Morgan fingerprint density at radius 3 is 2.54 bits per heavy atom. The lowest BCUT2D eigenvalue weighted by Crippen LogP contribution is -2.15. The highest BCUT2D eigenvalue weighted by atomic mass is 35.5. The van der Waals surface area contributed by atoms with Crippen molar-refractivity contribution in [1.82, 2.24) is 9.78 Å². The van der Waals surface area contributed by atoms with Gasteiger partial charge in [0.15, 0.2) is 0 Å². The molecule has 2 aromatic rings. The van der Waals surface area contributed by atoms with Crippen LogP contribution in [0.3, 0.4) is 0 Å². The number of hydrogen-bond acceptors (Lipinski definition) is 3. The average molecular weight is 395 g/mol. The van der Waals surface area contributed by atoms with E-state index in [4.69, 9.17) is 16.9 Å². The van der Waals surface area contributed by atoms with E-state index in [9.17, 15) is 4.79 Å². The first kappa shape index (κ1) is 18.7. The molecule has 0 radical (unpaired) electrons. The highest BCUT2D eigenvalue weighted by Gasteiger charge is 2.32. The molecule has 1 heterocycles. The second-order valence-corrected chi connectivity index (χ2v) is 7.53. The fraction of sp³-hybridized carbons (Fsp3) is 0.318. The molecular weight excluding hydrogens is 372 g/mol. The number of allylic oxidation sites excluding steroid dienone is 3. The molecule has 1 aromatic heterocycles. The molecule has 28 heavy (non-hydrogen) atoms. The van der Waals surface area contributed by atoms with Crippen LogP contribution in [0, 0.1) is 0 Å². The number of halogens is 1. The van der Waals surface area contributed by atoms with Crippen molar-refractivity contribution in [3.63, 3.8) is 0 Å². The van der Waals surface area contributed by atoms with E-state index in [2.05, 4.69) is 20.6 Å². The van der Waals surface area contributed by atoms with Crippen molar-refractivity contribution in [2.75, 3.05) is 5.32 Å². The Kier molecular flexibility index (Phi) is 5.44. The zero-order chi connectivity index (χ0) is 19.5. The summed E-state index contributed by atoms with van der Waals surface area (Å²) < 4.78 is 5.51. The highest BCUT2D eigenvalue weighted by Crippen LogP contribution is 2.45. The van der Waals surface area contributed by atoms with E-state index in [0.717, 1.165) is 5.69 Å². The van der Waals surface area contributed by atoms with Crippen LogP contribution in [0.4, 0.5) is 5.69 Å². The molecular formula is C22H23ClN4O. The highest BCUT2D eigenvalue weighted by molar-refractivity contribution is 6.24. The van der Waals surface area contributed by atoms with E-state index < -0.39 is 0 Å². The van der Waals surface area contributed by atoms with Gasteiger partial charge < -0.3 is 5.32 Å². The molecule has 0 saturated heterocycles. The number of carbonyl (C=O) groups excluding carboxylic acids is 1. The second kappa shape index (κ2) is 8.15. The van der Waals surface area contributed by atoms with Crippen LogP contribution in [0.1, 0.15) is 55.8 Å². The first-order chi connectivity index (χ1) is 13.7. The van der Waals surface area contributed by atoms with Crippen LogP contribution >= 0.6 is 11.8 Å². The molecule has 4 rings (SSSR count). The van der Waals surface area contributed by atoms with Gasteiger partial charge >= 0.3 is 0 Å². The Balaban J connectivity index is 1.52. The lowest BCUT2D eigenvalue weighted by Gasteiger charge is -2.09. The molecule has 0 atom stereocenters. The quantitative estimate of drug-likeness (QED) is 0.394. The third kappa shape index (κ3) is 4.25. The maximum atomic E-state index is 12.4. The summed E-state index contributed by atoms with van der Waals surface area (Å²) >= 11 is 5.40. The number of carbonyl (C=O) groups is 1. The van der Waals surface area contributed by atoms with Crippen LogP contribution in [0.15, 0.2) is 58.6 Å². The van der Waals surface area contributed by atoms with E-state index in [1.54, 1.807) is 12.2 Å². The van der Waals surface area contributed by atoms with Crippen molar-refractivity contribution >= 4 is 29.6 Å². The molecule has 0 spiro atoms. The standard InChI is InChI=1S/C22H23ClN4O/c1-2-3-4-17(14-24-23)22(28)25-18-9-11-19(12-10-18)27-21(16-7-8-16)13-20(26-27)15-5-6-15/h2-4,9-16H,5-8H2,1H3,(H,25,28)/b3-2-,17-4+,24-14?. The van der Waals surface area contributed by atoms with Gasteiger partial charge in [-0.15, -0.1) is 0 Å². The summed E-state index contributed by atoms with van der Waals surface area (Å²) in [5.74, 6) is 1.01. The molecule has 1 aromatic carbocycles. The summed E-state index contributed by atoms with van der Waals surface area (Å²) in [7, 11) is 0. The van der Waals surface area contributed by atoms with Crippen LogP contribution < -0.4 is 5.32 Å². The molecule has 0 bridgehead atoms. The molecule has 0 unspecified atom stereocenters. The van der Waals surface area contributed by atoms with E-state index in [0.29, 0.717) is 23.1 Å². The minimum absolute atomic E-state index is 0.260. The lowest BCUT2D eigenvalue weighted by molar-refractivity contribution is -0.112. The molecule has 2 aliphatic carbocycles. The summed E-state index contributed by atoms with van der Waals surface area (Å²) in [4.78, 5) is 12.4. The minimum atomic E-state index is -0.260. The number of nitrogens with one attached hydrogen (secondary N) is 1. The van der Waals surface area contributed by atoms with E-state index in [1.165, 1.54) is 43.3 Å². The Labute approximate surface area is 169 Å². The van der Waals surface area contributed by atoms with Crippen LogP contribution in [-0.4, -0.2) is 21.9 Å². The number of anilines is 1.